The maximum Gasteiger partial charge on any atom is 0.0285 e. The predicted molar refractivity (Wildman–Crippen MR) is 72.7 cm³/mol. The lowest BCUT2D eigenvalue weighted by Crippen LogP contribution is -2.27. The van der Waals surface area contributed by atoms with E-state index in [0.717, 1.165) is 6.54 Å². The third-order valence-electron chi connectivity index (χ3n) is 2.58. The summed E-state index contributed by atoms with van der Waals surface area (Å²) >= 11 is 5.34. The summed E-state index contributed by atoms with van der Waals surface area (Å²) in [5, 5.41) is 5.68. The number of hydrogen-bond donors (Lipinski definition) is 1. The molecule has 0 aliphatic heterocycles. The van der Waals surface area contributed by atoms with Gasteiger partial charge in [-0.15, -0.1) is 11.3 Å². The highest BCUT2D eigenvalue weighted by atomic mass is 79.9. The molecule has 0 fully saturated rings. The van der Waals surface area contributed by atoms with Crippen molar-refractivity contribution in [2.75, 3.05) is 6.54 Å². The summed E-state index contributed by atoms with van der Waals surface area (Å²) in [6.45, 7) is 5.52. The van der Waals surface area contributed by atoms with Crippen LogP contribution in [-0.2, 0) is 6.42 Å². The molecule has 0 saturated carbocycles. The van der Waals surface area contributed by atoms with Gasteiger partial charge in [0.1, 0.15) is 0 Å². The first kappa shape index (κ1) is 13.2. The van der Waals surface area contributed by atoms with Gasteiger partial charge in [-0.3, -0.25) is 0 Å². The van der Waals surface area contributed by atoms with Gasteiger partial charge in [-0.05, 0) is 54.2 Å². The lowest BCUT2D eigenvalue weighted by molar-refractivity contribution is 0.468. The van der Waals surface area contributed by atoms with Crippen LogP contribution in [-0.4, -0.2) is 12.6 Å². The molecule has 0 aliphatic rings. The quantitative estimate of drug-likeness (QED) is 0.792. The van der Waals surface area contributed by atoms with Crippen molar-refractivity contribution in [3.8, 4) is 0 Å². The Balaban J connectivity index is 2.20. The van der Waals surface area contributed by atoms with Gasteiger partial charge in [-0.2, -0.15) is 0 Å². The first-order valence-electron chi connectivity index (χ1n) is 5.72. The van der Waals surface area contributed by atoms with E-state index >= 15 is 0 Å². The maximum atomic E-state index is 3.52. The molecule has 3 heteroatoms. The Bertz CT molecular complexity index is 272. The average molecular weight is 290 g/mol. The molecule has 1 aromatic rings. The Morgan fingerprint density at radius 3 is 2.80 bits per heavy atom. The van der Waals surface area contributed by atoms with Crippen LogP contribution in [0.2, 0.25) is 0 Å². The van der Waals surface area contributed by atoms with Crippen molar-refractivity contribution in [1.82, 2.24) is 5.32 Å². The molecule has 0 saturated heterocycles. The minimum atomic E-state index is 0.707. The second-order valence-corrected chi connectivity index (χ2v) is 5.70. The van der Waals surface area contributed by atoms with E-state index in [-0.39, 0.29) is 0 Å². The zero-order valence-electron chi connectivity index (χ0n) is 9.55. The summed E-state index contributed by atoms with van der Waals surface area (Å²) in [5.74, 6) is 0. The molecule has 1 heterocycles. The van der Waals surface area contributed by atoms with E-state index < -0.39 is 0 Å². The molecule has 1 rings (SSSR count). The van der Waals surface area contributed by atoms with Crippen LogP contribution in [0, 0.1) is 0 Å². The minimum absolute atomic E-state index is 0.707. The van der Waals surface area contributed by atoms with E-state index in [4.69, 9.17) is 0 Å². The Hall–Kier alpha value is 0.140. The molecule has 0 amide bonds. The van der Waals surface area contributed by atoms with Gasteiger partial charge in [0.15, 0.2) is 0 Å². The highest BCUT2D eigenvalue weighted by Crippen LogP contribution is 2.21. The van der Waals surface area contributed by atoms with Crippen LogP contribution in [0.3, 0.4) is 0 Å². The van der Waals surface area contributed by atoms with Crippen LogP contribution in [0.4, 0.5) is 0 Å². The van der Waals surface area contributed by atoms with Crippen molar-refractivity contribution >= 4 is 27.3 Å². The average Bonchev–Trinajstić information content (AvgIpc) is 2.63. The summed E-state index contributed by atoms with van der Waals surface area (Å²) in [5.41, 5.74) is 0. The van der Waals surface area contributed by atoms with Crippen LogP contribution in [0.15, 0.2) is 15.9 Å². The monoisotopic (exact) mass is 289 g/mol. The molecule has 1 atom stereocenters. The normalized spacial score (nSPS) is 13.0. The molecule has 0 spiro atoms. The predicted octanol–water partition coefficient (Wildman–Crippen LogP) is 4.22. The van der Waals surface area contributed by atoms with Gasteiger partial charge < -0.3 is 5.32 Å². The van der Waals surface area contributed by atoms with Crippen LogP contribution in [0.1, 0.15) is 38.0 Å². The van der Waals surface area contributed by atoms with Gasteiger partial charge in [-0.1, -0.05) is 13.8 Å². The molecular formula is C12H20BrNS. The van der Waals surface area contributed by atoms with Crippen molar-refractivity contribution in [2.45, 2.75) is 45.6 Å². The number of aryl methyl sites for hydroxylation is 1. The maximum absolute atomic E-state index is 3.52. The molecule has 15 heavy (non-hydrogen) atoms. The molecule has 0 aromatic carbocycles. The van der Waals surface area contributed by atoms with Crippen LogP contribution < -0.4 is 5.32 Å². The molecule has 86 valence electrons. The Morgan fingerprint density at radius 2 is 2.27 bits per heavy atom. The van der Waals surface area contributed by atoms with Crippen molar-refractivity contribution in [2.24, 2.45) is 0 Å². The van der Waals surface area contributed by atoms with E-state index in [1.165, 1.54) is 35.0 Å². The number of nitrogens with one attached hydrogen (secondary N) is 1. The fourth-order valence-corrected chi connectivity index (χ4v) is 3.24. The third kappa shape index (κ3) is 5.14. The first-order chi connectivity index (χ1) is 7.26. The Labute approximate surface area is 105 Å². The van der Waals surface area contributed by atoms with E-state index in [2.05, 4.69) is 46.5 Å². The fraction of sp³-hybridized carbons (Fsp3) is 0.667. The van der Waals surface area contributed by atoms with Crippen LogP contribution in [0.25, 0.3) is 0 Å². The topological polar surface area (TPSA) is 12.0 Å². The molecule has 1 unspecified atom stereocenters. The summed E-state index contributed by atoms with van der Waals surface area (Å²) in [6.07, 6.45) is 5.04. The molecule has 1 aromatic heterocycles. The van der Waals surface area contributed by atoms with Gasteiger partial charge in [-0.25, -0.2) is 0 Å². The molecule has 0 radical (unpaired) electrons. The second-order valence-electron chi connectivity index (χ2n) is 3.79. The number of rotatable bonds is 7. The van der Waals surface area contributed by atoms with Gasteiger partial charge in [0.2, 0.25) is 0 Å². The minimum Gasteiger partial charge on any atom is -0.314 e. The van der Waals surface area contributed by atoms with Crippen LogP contribution in [0.5, 0.6) is 0 Å². The lowest BCUT2D eigenvalue weighted by Gasteiger charge is -2.14. The summed E-state index contributed by atoms with van der Waals surface area (Å²) in [4.78, 5) is 1.49. The van der Waals surface area contributed by atoms with Crippen molar-refractivity contribution in [1.29, 1.82) is 0 Å². The molecule has 0 bridgehead atoms. The van der Waals surface area contributed by atoms with Gasteiger partial charge >= 0.3 is 0 Å². The van der Waals surface area contributed by atoms with Crippen molar-refractivity contribution in [3.05, 3.63) is 20.8 Å². The lowest BCUT2D eigenvalue weighted by atomic mass is 10.1. The van der Waals surface area contributed by atoms with Gasteiger partial charge in [0.25, 0.3) is 0 Å². The largest absolute Gasteiger partial charge is 0.314 e. The summed E-state index contributed by atoms with van der Waals surface area (Å²) < 4.78 is 1.22. The van der Waals surface area contributed by atoms with E-state index in [9.17, 15) is 0 Å². The second kappa shape index (κ2) is 7.42. The van der Waals surface area contributed by atoms with E-state index in [1.807, 2.05) is 11.3 Å². The van der Waals surface area contributed by atoms with E-state index in [1.54, 1.807) is 0 Å². The van der Waals surface area contributed by atoms with Crippen molar-refractivity contribution < 1.29 is 0 Å². The third-order valence-corrected chi connectivity index (χ3v) is 4.34. The molecule has 1 nitrogen and oxygen atoms in total. The summed E-state index contributed by atoms with van der Waals surface area (Å²) in [7, 11) is 0. The smallest absolute Gasteiger partial charge is 0.0285 e. The highest BCUT2D eigenvalue weighted by molar-refractivity contribution is 9.10. The first-order valence-corrected chi connectivity index (χ1v) is 7.39. The van der Waals surface area contributed by atoms with E-state index in [0.29, 0.717) is 6.04 Å². The van der Waals surface area contributed by atoms with Gasteiger partial charge in [0, 0.05) is 20.8 Å². The Kier molecular flexibility index (Phi) is 6.53. The summed E-state index contributed by atoms with van der Waals surface area (Å²) in [6, 6.07) is 2.94. The molecule has 0 aliphatic carbocycles. The number of halogens is 1. The number of thiophene rings is 1. The van der Waals surface area contributed by atoms with Crippen molar-refractivity contribution in [3.63, 3.8) is 0 Å². The highest BCUT2D eigenvalue weighted by Gasteiger charge is 2.04. The van der Waals surface area contributed by atoms with Gasteiger partial charge in [0.05, 0.1) is 0 Å². The fourth-order valence-electron chi connectivity index (χ4n) is 1.75. The standard InChI is InChI=1S/C12H20BrNS/c1-3-11(14-4-2)6-5-7-12-8-10(13)9-15-12/h8-9,11,14H,3-7H2,1-2H3. The zero-order valence-corrected chi connectivity index (χ0v) is 12.0. The molecular weight excluding hydrogens is 270 g/mol. The SMILES string of the molecule is CCNC(CC)CCCc1cc(Br)cs1. The number of hydrogen-bond acceptors (Lipinski definition) is 2. The van der Waals surface area contributed by atoms with Crippen LogP contribution >= 0.6 is 27.3 Å². The Morgan fingerprint density at radius 1 is 1.47 bits per heavy atom. The molecule has 1 N–H and O–H groups in total. The zero-order chi connectivity index (χ0) is 11.1.